The van der Waals surface area contributed by atoms with Crippen LogP contribution in [0.1, 0.15) is 27.7 Å². The average Bonchev–Trinajstić information content (AvgIpc) is 2.20. The number of hydrogen-bond donors (Lipinski definition) is 2. The van der Waals surface area contributed by atoms with Crippen LogP contribution in [0.4, 0.5) is 0 Å². The molecule has 0 saturated heterocycles. The third-order valence-corrected chi connectivity index (χ3v) is 1.82. The monoisotopic (exact) mass is 230 g/mol. The van der Waals surface area contributed by atoms with Crippen LogP contribution in [0.5, 0.6) is 0 Å². The molecule has 2 N–H and O–H groups in total. The Bertz CT molecular complexity index is 227. The third kappa shape index (κ3) is 8.23. The van der Waals surface area contributed by atoms with Crippen molar-refractivity contribution in [1.82, 2.24) is 10.6 Å². The van der Waals surface area contributed by atoms with Crippen LogP contribution in [0.3, 0.4) is 0 Å². The second-order valence-corrected chi connectivity index (χ2v) is 4.16. The van der Waals surface area contributed by atoms with E-state index in [2.05, 4.69) is 10.6 Å². The number of rotatable bonds is 7. The van der Waals surface area contributed by atoms with Crippen molar-refractivity contribution < 1.29 is 14.3 Å². The Labute approximate surface area is 96.9 Å². The molecule has 0 spiro atoms. The number of amides is 2. The number of carbonyl (C=O) groups excluding carboxylic acids is 2. The molecule has 0 aliphatic heterocycles. The lowest BCUT2D eigenvalue weighted by molar-refractivity contribution is -0.127. The molecule has 0 aromatic rings. The molecule has 0 saturated carbocycles. The van der Waals surface area contributed by atoms with Crippen molar-refractivity contribution in [2.75, 3.05) is 19.7 Å². The first-order valence-electron chi connectivity index (χ1n) is 5.59. The smallest absolute Gasteiger partial charge is 0.246 e. The lowest BCUT2D eigenvalue weighted by Gasteiger charge is -2.10. The highest BCUT2D eigenvalue weighted by Gasteiger charge is 2.06. The standard InChI is InChI=1S/C11H22N2O3/c1-8(2)11(15)13-6-5-12-10(14)7-16-9(3)4/h8-9H,5-7H2,1-4H3,(H,12,14)(H,13,15). The van der Waals surface area contributed by atoms with Gasteiger partial charge in [-0.25, -0.2) is 0 Å². The van der Waals surface area contributed by atoms with Gasteiger partial charge < -0.3 is 15.4 Å². The van der Waals surface area contributed by atoms with E-state index in [1.165, 1.54) is 0 Å². The molecule has 0 aromatic carbocycles. The Balaban J connectivity index is 3.45. The predicted molar refractivity (Wildman–Crippen MR) is 61.9 cm³/mol. The van der Waals surface area contributed by atoms with Crippen LogP contribution >= 0.6 is 0 Å². The summed E-state index contributed by atoms with van der Waals surface area (Å²) in [7, 11) is 0. The zero-order valence-electron chi connectivity index (χ0n) is 10.5. The molecule has 0 aromatic heterocycles. The third-order valence-electron chi connectivity index (χ3n) is 1.82. The Morgan fingerprint density at radius 1 is 1.06 bits per heavy atom. The quantitative estimate of drug-likeness (QED) is 0.618. The zero-order valence-corrected chi connectivity index (χ0v) is 10.5. The molecule has 0 heterocycles. The topological polar surface area (TPSA) is 67.4 Å². The molecule has 0 aliphatic carbocycles. The van der Waals surface area contributed by atoms with E-state index in [4.69, 9.17) is 4.74 Å². The molecule has 0 unspecified atom stereocenters. The van der Waals surface area contributed by atoms with Crippen LogP contribution in [0, 0.1) is 5.92 Å². The first-order chi connectivity index (χ1) is 7.43. The summed E-state index contributed by atoms with van der Waals surface area (Å²) in [6.07, 6.45) is 0.0476. The maximum Gasteiger partial charge on any atom is 0.246 e. The van der Waals surface area contributed by atoms with Gasteiger partial charge in [-0.2, -0.15) is 0 Å². The molecule has 0 atom stereocenters. The Kier molecular flexibility index (Phi) is 7.54. The second kappa shape index (κ2) is 8.10. The van der Waals surface area contributed by atoms with E-state index in [0.717, 1.165) is 0 Å². The minimum Gasteiger partial charge on any atom is -0.369 e. The molecule has 0 fully saturated rings. The van der Waals surface area contributed by atoms with Crippen molar-refractivity contribution in [2.24, 2.45) is 5.92 Å². The number of nitrogens with one attached hydrogen (secondary N) is 2. The molecule has 5 nitrogen and oxygen atoms in total. The van der Waals surface area contributed by atoms with Crippen LogP contribution in [0.15, 0.2) is 0 Å². The maximum atomic E-state index is 11.2. The van der Waals surface area contributed by atoms with Crippen molar-refractivity contribution in [3.05, 3.63) is 0 Å². The van der Waals surface area contributed by atoms with Gasteiger partial charge in [0, 0.05) is 19.0 Å². The van der Waals surface area contributed by atoms with Crippen LogP contribution in [-0.2, 0) is 14.3 Å². The summed E-state index contributed by atoms with van der Waals surface area (Å²) in [6.45, 7) is 8.33. The van der Waals surface area contributed by atoms with Crippen LogP contribution in [-0.4, -0.2) is 37.6 Å². The summed E-state index contributed by atoms with van der Waals surface area (Å²) in [4.78, 5) is 22.3. The summed E-state index contributed by atoms with van der Waals surface area (Å²) in [5.41, 5.74) is 0. The van der Waals surface area contributed by atoms with Gasteiger partial charge in [0.1, 0.15) is 6.61 Å². The van der Waals surface area contributed by atoms with Gasteiger partial charge >= 0.3 is 0 Å². The highest BCUT2D eigenvalue weighted by Crippen LogP contribution is 1.89. The molecule has 0 aliphatic rings. The zero-order chi connectivity index (χ0) is 12.6. The molecule has 5 heteroatoms. The Hall–Kier alpha value is -1.10. The Morgan fingerprint density at radius 3 is 2.12 bits per heavy atom. The largest absolute Gasteiger partial charge is 0.369 e. The summed E-state index contributed by atoms with van der Waals surface area (Å²) < 4.78 is 5.12. The molecule has 2 amide bonds. The molecule has 16 heavy (non-hydrogen) atoms. The highest BCUT2D eigenvalue weighted by molar-refractivity contribution is 5.78. The van der Waals surface area contributed by atoms with E-state index in [9.17, 15) is 9.59 Å². The van der Waals surface area contributed by atoms with Gasteiger partial charge in [0.05, 0.1) is 6.10 Å². The van der Waals surface area contributed by atoms with Crippen molar-refractivity contribution >= 4 is 11.8 Å². The predicted octanol–water partition coefficient (Wildman–Crippen LogP) is 0.300. The fraction of sp³-hybridized carbons (Fsp3) is 0.818. The normalized spacial score (nSPS) is 10.6. The van der Waals surface area contributed by atoms with Gasteiger partial charge in [0.2, 0.25) is 11.8 Å². The second-order valence-electron chi connectivity index (χ2n) is 4.16. The first kappa shape index (κ1) is 14.9. The highest BCUT2D eigenvalue weighted by atomic mass is 16.5. The number of carbonyl (C=O) groups is 2. The van der Waals surface area contributed by atoms with Gasteiger partial charge in [0.25, 0.3) is 0 Å². The maximum absolute atomic E-state index is 11.2. The average molecular weight is 230 g/mol. The lowest BCUT2D eigenvalue weighted by Crippen LogP contribution is -2.37. The summed E-state index contributed by atoms with van der Waals surface area (Å²) in [6, 6.07) is 0. The summed E-state index contributed by atoms with van der Waals surface area (Å²) in [5, 5.41) is 5.36. The van der Waals surface area contributed by atoms with E-state index in [1.807, 2.05) is 27.7 Å². The van der Waals surface area contributed by atoms with Crippen molar-refractivity contribution in [2.45, 2.75) is 33.8 Å². The molecular formula is C11H22N2O3. The van der Waals surface area contributed by atoms with E-state index in [-0.39, 0.29) is 30.4 Å². The lowest BCUT2D eigenvalue weighted by atomic mass is 10.2. The van der Waals surface area contributed by atoms with Crippen molar-refractivity contribution in [3.63, 3.8) is 0 Å². The van der Waals surface area contributed by atoms with Gasteiger partial charge in [-0.15, -0.1) is 0 Å². The van der Waals surface area contributed by atoms with E-state index < -0.39 is 0 Å². The van der Waals surface area contributed by atoms with Gasteiger partial charge in [-0.3, -0.25) is 9.59 Å². The van der Waals surface area contributed by atoms with Crippen molar-refractivity contribution in [1.29, 1.82) is 0 Å². The van der Waals surface area contributed by atoms with Crippen LogP contribution in [0.2, 0.25) is 0 Å². The van der Waals surface area contributed by atoms with Gasteiger partial charge in [-0.1, -0.05) is 13.8 Å². The SMILES string of the molecule is CC(C)OCC(=O)NCCNC(=O)C(C)C. The Morgan fingerprint density at radius 2 is 1.62 bits per heavy atom. The van der Waals surface area contributed by atoms with E-state index in [1.54, 1.807) is 0 Å². The van der Waals surface area contributed by atoms with Crippen LogP contribution in [0.25, 0.3) is 0 Å². The van der Waals surface area contributed by atoms with E-state index >= 15 is 0 Å². The molecular weight excluding hydrogens is 208 g/mol. The molecule has 0 rings (SSSR count). The van der Waals surface area contributed by atoms with Crippen molar-refractivity contribution in [3.8, 4) is 0 Å². The first-order valence-corrected chi connectivity index (χ1v) is 5.59. The summed E-state index contributed by atoms with van der Waals surface area (Å²) in [5.74, 6) is -0.194. The van der Waals surface area contributed by atoms with Crippen LogP contribution < -0.4 is 10.6 Å². The minimum absolute atomic E-state index is 0.00678. The fourth-order valence-corrected chi connectivity index (χ4v) is 0.885. The molecule has 94 valence electrons. The van der Waals surface area contributed by atoms with Gasteiger partial charge in [0.15, 0.2) is 0 Å². The summed E-state index contributed by atoms with van der Waals surface area (Å²) >= 11 is 0. The fourth-order valence-electron chi connectivity index (χ4n) is 0.885. The molecule has 0 bridgehead atoms. The molecule has 0 radical (unpaired) electrons. The van der Waals surface area contributed by atoms with Gasteiger partial charge in [-0.05, 0) is 13.8 Å². The number of hydrogen-bond acceptors (Lipinski definition) is 3. The minimum atomic E-state index is -0.160. The van der Waals surface area contributed by atoms with E-state index in [0.29, 0.717) is 13.1 Å². The number of ether oxygens (including phenoxy) is 1.